The van der Waals surface area contributed by atoms with E-state index in [2.05, 4.69) is 5.32 Å². The van der Waals surface area contributed by atoms with Crippen LogP contribution in [0.5, 0.6) is 11.5 Å². The Morgan fingerprint density at radius 2 is 1.93 bits per heavy atom. The number of hydrogen-bond donors (Lipinski definition) is 1. The second-order valence-electron chi connectivity index (χ2n) is 6.47. The molecule has 0 saturated carbocycles. The van der Waals surface area contributed by atoms with E-state index in [0.29, 0.717) is 35.8 Å². The Morgan fingerprint density at radius 1 is 1.15 bits per heavy atom. The van der Waals surface area contributed by atoms with E-state index in [-0.39, 0.29) is 18.5 Å². The molecule has 1 amide bonds. The molecule has 140 valence electrons. The van der Waals surface area contributed by atoms with Crippen molar-refractivity contribution in [1.29, 1.82) is 0 Å². The largest absolute Gasteiger partial charge is 0.490 e. The summed E-state index contributed by atoms with van der Waals surface area (Å²) in [6.07, 6.45) is 0.837. The summed E-state index contributed by atoms with van der Waals surface area (Å²) in [6.45, 7) is 3.01. The van der Waals surface area contributed by atoms with Crippen LogP contribution in [0.4, 0.5) is 0 Å². The molecule has 4 rings (SSSR count). The molecule has 0 spiro atoms. The van der Waals surface area contributed by atoms with E-state index in [1.54, 1.807) is 24.3 Å². The van der Waals surface area contributed by atoms with Crippen molar-refractivity contribution >= 4 is 17.0 Å². The van der Waals surface area contributed by atoms with Gasteiger partial charge in [0.2, 0.25) is 5.91 Å². The maximum atomic E-state index is 12.5. The van der Waals surface area contributed by atoms with Gasteiger partial charge in [0.05, 0.1) is 24.8 Å². The number of aromatic nitrogens is 1. The molecule has 27 heavy (non-hydrogen) atoms. The van der Waals surface area contributed by atoms with Gasteiger partial charge in [0.1, 0.15) is 6.54 Å². The van der Waals surface area contributed by atoms with Gasteiger partial charge in [-0.3, -0.25) is 9.36 Å². The number of carbonyl (C=O) groups excluding carboxylic acids is 1. The number of nitrogens with zero attached hydrogens (tertiary/aromatic N) is 1. The second kappa shape index (κ2) is 7.19. The predicted molar refractivity (Wildman–Crippen MR) is 99.1 cm³/mol. The zero-order chi connectivity index (χ0) is 18.8. The summed E-state index contributed by atoms with van der Waals surface area (Å²) < 4.78 is 17.8. The van der Waals surface area contributed by atoms with E-state index in [1.807, 2.05) is 25.1 Å². The van der Waals surface area contributed by atoms with Crippen LogP contribution in [0.3, 0.4) is 0 Å². The van der Waals surface area contributed by atoms with Gasteiger partial charge in [-0.25, -0.2) is 4.79 Å². The zero-order valence-corrected chi connectivity index (χ0v) is 14.9. The summed E-state index contributed by atoms with van der Waals surface area (Å²) in [5.74, 6) is 0.576. The van der Waals surface area contributed by atoms with Crippen LogP contribution in [0.2, 0.25) is 0 Å². The highest BCUT2D eigenvalue weighted by molar-refractivity contribution is 5.79. The Bertz CT molecular complexity index is 1040. The van der Waals surface area contributed by atoms with E-state index in [0.717, 1.165) is 12.0 Å². The van der Waals surface area contributed by atoms with Crippen molar-refractivity contribution < 1.29 is 18.7 Å². The molecular weight excluding hydrogens is 348 g/mol. The van der Waals surface area contributed by atoms with Crippen LogP contribution in [-0.4, -0.2) is 23.7 Å². The van der Waals surface area contributed by atoms with Crippen LogP contribution >= 0.6 is 0 Å². The van der Waals surface area contributed by atoms with Gasteiger partial charge in [0.15, 0.2) is 17.1 Å². The molecule has 0 radical (unpaired) electrons. The highest BCUT2D eigenvalue weighted by Gasteiger charge is 2.17. The van der Waals surface area contributed by atoms with Crippen molar-refractivity contribution in [2.75, 3.05) is 13.2 Å². The minimum atomic E-state index is -0.547. The Balaban J connectivity index is 1.48. The van der Waals surface area contributed by atoms with Gasteiger partial charge < -0.3 is 19.2 Å². The number of amides is 1. The summed E-state index contributed by atoms with van der Waals surface area (Å²) in [7, 11) is 0. The first-order valence-electron chi connectivity index (χ1n) is 8.89. The normalized spacial score (nSPS) is 14.6. The number of benzene rings is 2. The molecule has 7 nitrogen and oxygen atoms in total. The number of nitrogens with one attached hydrogen (secondary N) is 1. The number of ether oxygens (including phenoxy) is 2. The van der Waals surface area contributed by atoms with Crippen LogP contribution in [0, 0.1) is 0 Å². The molecule has 3 aromatic rings. The molecule has 0 aliphatic carbocycles. The summed E-state index contributed by atoms with van der Waals surface area (Å²) in [6, 6.07) is 12.4. The summed E-state index contributed by atoms with van der Waals surface area (Å²) in [5.41, 5.74) is 1.96. The number of hydrogen-bond acceptors (Lipinski definition) is 5. The zero-order valence-electron chi connectivity index (χ0n) is 14.9. The van der Waals surface area contributed by atoms with Crippen molar-refractivity contribution in [2.45, 2.75) is 25.9 Å². The monoisotopic (exact) mass is 368 g/mol. The third kappa shape index (κ3) is 3.53. The summed E-state index contributed by atoms with van der Waals surface area (Å²) in [4.78, 5) is 24.5. The molecule has 1 N–H and O–H groups in total. The molecule has 1 aliphatic heterocycles. The number of fused-ring (bicyclic) bond motifs is 2. The molecule has 7 heteroatoms. The Morgan fingerprint density at radius 3 is 2.78 bits per heavy atom. The van der Waals surface area contributed by atoms with Gasteiger partial charge in [-0.05, 0) is 36.8 Å². The molecule has 2 heterocycles. The third-order valence-corrected chi connectivity index (χ3v) is 4.52. The molecule has 1 unspecified atom stereocenters. The van der Waals surface area contributed by atoms with Crippen molar-refractivity contribution in [3.8, 4) is 11.5 Å². The van der Waals surface area contributed by atoms with Crippen molar-refractivity contribution in [3.05, 3.63) is 58.6 Å². The van der Waals surface area contributed by atoms with Crippen LogP contribution in [0.25, 0.3) is 11.1 Å². The standard InChI is InChI=1S/C20H20N2O5/c1-13(14-7-8-17-18(11-14)26-10-4-9-25-17)21-19(23)12-22-15-5-2-3-6-16(15)27-20(22)24/h2-3,5-8,11,13H,4,9-10,12H2,1H3,(H,21,23). The SMILES string of the molecule is CC(NC(=O)Cn1c(=O)oc2ccccc21)c1ccc2c(c1)OCCCO2. The maximum absolute atomic E-state index is 12.5. The van der Waals surface area contributed by atoms with E-state index >= 15 is 0 Å². The van der Waals surface area contributed by atoms with E-state index in [1.165, 1.54) is 4.57 Å². The van der Waals surface area contributed by atoms with Crippen molar-refractivity contribution in [1.82, 2.24) is 9.88 Å². The highest BCUT2D eigenvalue weighted by Crippen LogP contribution is 2.32. The fourth-order valence-electron chi connectivity index (χ4n) is 3.13. The molecule has 0 fully saturated rings. The van der Waals surface area contributed by atoms with Gasteiger partial charge in [-0.2, -0.15) is 0 Å². The molecule has 1 aliphatic rings. The van der Waals surface area contributed by atoms with Gasteiger partial charge in [-0.1, -0.05) is 18.2 Å². The van der Waals surface area contributed by atoms with Crippen molar-refractivity contribution in [3.63, 3.8) is 0 Å². The molecule has 0 bridgehead atoms. The van der Waals surface area contributed by atoms with Crippen molar-refractivity contribution in [2.24, 2.45) is 0 Å². The first-order chi connectivity index (χ1) is 13.1. The van der Waals surface area contributed by atoms with Gasteiger partial charge >= 0.3 is 5.76 Å². The third-order valence-electron chi connectivity index (χ3n) is 4.52. The summed E-state index contributed by atoms with van der Waals surface area (Å²) in [5, 5.41) is 2.91. The van der Waals surface area contributed by atoms with Gasteiger partial charge in [0, 0.05) is 6.42 Å². The minimum Gasteiger partial charge on any atom is -0.490 e. The van der Waals surface area contributed by atoms with Gasteiger partial charge in [0.25, 0.3) is 0 Å². The number of oxazole rings is 1. The average Bonchev–Trinajstić information content (AvgIpc) is 2.83. The van der Waals surface area contributed by atoms with Crippen LogP contribution in [0.1, 0.15) is 24.9 Å². The fourth-order valence-corrected chi connectivity index (χ4v) is 3.13. The highest BCUT2D eigenvalue weighted by atomic mass is 16.5. The Kier molecular flexibility index (Phi) is 4.58. The fraction of sp³-hybridized carbons (Fsp3) is 0.300. The predicted octanol–water partition coefficient (Wildman–Crippen LogP) is 2.63. The Labute approximate surface area is 155 Å². The average molecular weight is 368 g/mol. The quantitative estimate of drug-likeness (QED) is 0.765. The molecular formula is C20H20N2O5. The summed E-state index contributed by atoms with van der Waals surface area (Å²) >= 11 is 0. The topological polar surface area (TPSA) is 82.7 Å². The number of rotatable bonds is 4. The lowest BCUT2D eigenvalue weighted by atomic mass is 10.1. The smallest absolute Gasteiger partial charge is 0.420 e. The number of carbonyl (C=O) groups is 1. The lowest BCUT2D eigenvalue weighted by Gasteiger charge is -2.16. The lowest BCUT2D eigenvalue weighted by Crippen LogP contribution is -2.32. The van der Waals surface area contributed by atoms with E-state index in [9.17, 15) is 9.59 Å². The van der Waals surface area contributed by atoms with Crippen LogP contribution < -0.4 is 20.5 Å². The molecule has 1 atom stereocenters. The maximum Gasteiger partial charge on any atom is 0.420 e. The van der Waals surface area contributed by atoms with Crippen LogP contribution in [0.15, 0.2) is 51.7 Å². The molecule has 2 aromatic carbocycles. The van der Waals surface area contributed by atoms with Crippen LogP contribution in [-0.2, 0) is 11.3 Å². The van der Waals surface area contributed by atoms with E-state index < -0.39 is 5.76 Å². The number of para-hydroxylation sites is 2. The molecule has 1 aromatic heterocycles. The lowest BCUT2D eigenvalue weighted by molar-refractivity contribution is -0.122. The van der Waals surface area contributed by atoms with E-state index in [4.69, 9.17) is 13.9 Å². The second-order valence-corrected chi connectivity index (χ2v) is 6.47. The minimum absolute atomic E-state index is 0.106. The first kappa shape index (κ1) is 17.2. The van der Waals surface area contributed by atoms with Gasteiger partial charge in [-0.15, -0.1) is 0 Å². The molecule has 0 saturated heterocycles. The first-order valence-corrected chi connectivity index (χ1v) is 8.89. The Hall–Kier alpha value is -3.22.